The Morgan fingerprint density at radius 3 is 2.36 bits per heavy atom. The summed E-state index contributed by atoms with van der Waals surface area (Å²) in [6.45, 7) is 1.02. The maximum Gasteiger partial charge on any atom is 0.275 e. The molecule has 0 aliphatic carbocycles. The highest BCUT2D eigenvalue weighted by Gasteiger charge is 2.30. The number of hydrogen-bond donors (Lipinski definition) is 1. The molecule has 1 aliphatic heterocycles. The third-order valence-electron chi connectivity index (χ3n) is 6.00. The van der Waals surface area contributed by atoms with Crippen LogP contribution in [0.1, 0.15) is 44.6 Å². The van der Waals surface area contributed by atoms with Crippen molar-refractivity contribution in [2.24, 2.45) is 0 Å². The van der Waals surface area contributed by atoms with Gasteiger partial charge in [-0.2, -0.15) is 0 Å². The molecule has 0 saturated carbocycles. The molecule has 1 N–H and O–H groups in total. The van der Waals surface area contributed by atoms with E-state index >= 15 is 0 Å². The summed E-state index contributed by atoms with van der Waals surface area (Å²) in [4.78, 5) is 31.9. The lowest BCUT2D eigenvalue weighted by Crippen LogP contribution is -2.38. The molecule has 0 atom stereocenters. The van der Waals surface area contributed by atoms with Crippen LogP contribution in [0, 0.1) is 11.6 Å². The number of halogens is 2. The number of nitrogens with zero attached hydrogens (tertiary/aromatic N) is 2. The third kappa shape index (κ3) is 5.11. The lowest BCUT2D eigenvalue weighted by atomic mass is 9.97. The number of piperidine rings is 1. The molecular formula is C25H25F2N3O5S. The molecule has 8 nitrogen and oxygen atoms in total. The van der Waals surface area contributed by atoms with Crippen molar-refractivity contribution in [3.05, 3.63) is 63.6 Å². The minimum Gasteiger partial charge on any atom is -0.493 e. The molecule has 0 spiro atoms. The van der Waals surface area contributed by atoms with Gasteiger partial charge in [0.15, 0.2) is 23.1 Å². The summed E-state index contributed by atoms with van der Waals surface area (Å²) < 4.78 is 42.6. The first-order valence-electron chi connectivity index (χ1n) is 11.2. The average Bonchev–Trinajstić information content (AvgIpc) is 3.40. The van der Waals surface area contributed by atoms with Gasteiger partial charge in [-0.3, -0.25) is 9.59 Å². The molecule has 1 saturated heterocycles. The Morgan fingerprint density at radius 2 is 1.72 bits per heavy atom. The number of rotatable bonds is 7. The molecule has 1 fully saturated rings. The number of nitrogens with one attached hydrogen (secondary N) is 1. The molecule has 11 heteroatoms. The van der Waals surface area contributed by atoms with E-state index < -0.39 is 17.5 Å². The van der Waals surface area contributed by atoms with Crippen LogP contribution < -0.4 is 19.5 Å². The second-order valence-corrected chi connectivity index (χ2v) is 8.99. The molecule has 4 rings (SSSR count). The van der Waals surface area contributed by atoms with Crippen LogP contribution in [-0.4, -0.2) is 56.1 Å². The second kappa shape index (κ2) is 10.9. The van der Waals surface area contributed by atoms with Crippen LogP contribution in [0.25, 0.3) is 0 Å². The minimum absolute atomic E-state index is 0.0937. The minimum atomic E-state index is -1.04. The van der Waals surface area contributed by atoms with Crippen molar-refractivity contribution in [3.63, 3.8) is 0 Å². The van der Waals surface area contributed by atoms with Gasteiger partial charge in [0.1, 0.15) is 5.69 Å². The van der Waals surface area contributed by atoms with Gasteiger partial charge in [-0.25, -0.2) is 13.8 Å². The van der Waals surface area contributed by atoms with Crippen LogP contribution in [0.15, 0.2) is 35.7 Å². The zero-order valence-corrected chi connectivity index (χ0v) is 20.8. The second-order valence-electron chi connectivity index (χ2n) is 8.10. The Bertz CT molecular complexity index is 1270. The van der Waals surface area contributed by atoms with Crippen molar-refractivity contribution >= 4 is 28.8 Å². The largest absolute Gasteiger partial charge is 0.493 e. The molecule has 36 heavy (non-hydrogen) atoms. The highest BCUT2D eigenvalue weighted by atomic mass is 32.1. The van der Waals surface area contributed by atoms with Crippen molar-refractivity contribution in [3.8, 4) is 17.2 Å². The summed E-state index contributed by atoms with van der Waals surface area (Å²) >= 11 is 1.36. The number of aromatic nitrogens is 1. The van der Waals surface area contributed by atoms with Crippen LogP contribution in [0.3, 0.4) is 0 Å². The first-order chi connectivity index (χ1) is 17.4. The first-order valence-corrected chi connectivity index (χ1v) is 12.0. The summed E-state index contributed by atoms with van der Waals surface area (Å²) in [6, 6.07) is 6.48. The standard InChI is InChI=1S/C25H25F2N3O5S/c1-33-20-7-5-16(21(34-2)22(20)35-3)25(32)30-10-8-14(9-11-30)24-29-19(13-36-24)23(31)28-15-4-6-17(26)18(27)12-15/h4-7,12-14H,8-11H2,1-3H3,(H,28,31). The van der Waals surface area contributed by atoms with Gasteiger partial charge in [-0.1, -0.05) is 0 Å². The van der Waals surface area contributed by atoms with Crippen molar-refractivity contribution in [1.29, 1.82) is 0 Å². The SMILES string of the molecule is COc1ccc(C(=O)N2CCC(c3nc(C(=O)Nc4ccc(F)c(F)c4)cs3)CC2)c(OC)c1OC. The molecule has 0 unspecified atom stereocenters. The van der Waals surface area contributed by atoms with Crippen LogP contribution >= 0.6 is 11.3 Å². The highest BCUT2D eigenvalue weighted by Crippen LogP contribution is 2.41. The summed E-state index contributed by atoms with van der Waals surface area (Å²) in [7, 11) is 4.48. The van der Waals surface area contributed by atoms with Crippen molar-refractivity contribution in [2.45, 2.75) is 18.8 Å². The summed E-state index contributed by atoms with van der Waals surface area (Å²) in [5.74, 6) is -1.46. The monoisotopic (exact) mass is 517 g/mol. The number of hydrogen-bond acceptors (Lipinski definition) is 7. The molecule has 2 heterocycles. The molecule has 0 bridgehead atoms. The molecule has 1 aromatic heterocycles. The molecule has 0 radical (unpaired) electrons. The lowest BCUT2D eigenvalue weighted by Gasteiger charge is -2.31. The molecule has 3 aromatic rings. The quantitative estimate of drug-likeness (QED) is 0.488. The van der Waals surface area contributed by atoms with Crippen molar-refractivity contribution < 1.29 is 32.6 Å². The highest BCUT2D eigenvalue weighted by molar-refractivity contribution is 7.10. The number of ether oxygens (including phenoxy) is 3. The molecular weight excluding hydrogens is 492 g/mol. The van der Waals surface area contributed by atoms with E-state index in [1.807, 2.05) is 0 Å². The van der Waals surface area contributed by atoms with Crippen LogP contribution in [0.5, 0.6) is 17.2 Å². The fourth-order valence-electron chi connectivity index (χ4n) is 4.12. The van der Waals surface area contributed by atoms with Crippen molar-refractivity contribution in [1.82, 2.24) is 9.88 Å². The normalized spacial score (nSPS) is 13.9. The van der Waals surface area contributed by atoms with Gasteiger partial charge >= 0.3 is 0 Å². The summed E-state index contributed by atoms with van der Waals surface area (Å²) in [5, 5.41) is 4.95. The predicted octanol–water partition coefficient (Wildman–Crippen LogP) is 4.72. The zero-order chi connectivity index (χ0) is 25.8. The van der Waals surface area contributed by atoms with Gasteiger partial charge in [0.25, 0.3) is 11.8 Å². The Hall–Kier alpha value is -3.73. The van der Waals surface area contributed by atoms with Crippen LogP contribution in [0.2, 0.25) is 0 Å². The van der Waals surface area contributed by atoms with E-state index in [4.69, 9.17) is 14.2 Å². The Kier molecular flexibility index (Phi) is 7.68. The average molecular weight is 518 g/mol. The number of carbonyl (C=O) groups is 2. The van der Waals surface area contributed by atoms with Gasteiger partial charge in [-0.05, 0) is 37.1 Å². The molecule has 1 aliphatic rings. The number of carbonyl (C=O) groups excluding carboxylic acids is 2. The van der Waals surface area contributed by atoms with E-state index in [9.17, 15) is 18.4 Å². The van der Waals surface area contributed by atoms with Gasteiger partial charge in [-0.15, -0.1) is 11.3 Å². The van der Waals surface area contributed by atoms with Crippen LogP contribution in [-0.2, 0) is 0 Å². The number of anilines is 1. The maximum atomic E-state index is 13.4. The third-order valence-corrected chi connectivity index (χ3v) is 7.01. The Balaban J connectivity index is 1.40. The van der Waals surface area contributed by atoms with E-state index in [-0.39, 0.29) is 23.2 Å². The van der Waals surface area contributed by atoms with E-state index in [1.165, 1.54) is 38.7 Å². The topological polar surface area (TPSA) is 90.0 Å². The Labute approximate surface area is 210 Å². The smallest absolute Gasteiger partial charge is 0.275 e. The zero-order valence-electron chi connectivity index (χ0n) is 20.0. The fourth-order valence-corrected chi connectivity index (χ4v) is 5.09. The van der Waals surface area contributed by atoms with E-state index in [0.717, 1.165) is 17.1 Å². The molecule has 190 valence electrons. The van der Waals surface area contributed by atoms with Crippen molar-refractivity contribution in [2.75, 3.05) is 39.7 Å². The number of likely N-dealkylation sites (tertiary alicyclic amines) is 1. The number of thiazole rings is 1. The molecule has 2 amide bonds. The summed E-state index contributed by atoms with van der Waals surface area (Å²) in [6.07, 6.45) is 1.36. The van der Waals surface area contributed by atoms with Gasteiger partial charge in [0, 0.05) is 36.1 Å². The fraction of sp³-hybridized carbons (Fsp3) is 0.320. The van der Waals surface area contributed by atoms with E-state index in [2.05, 4.69) is 10.3 Å². The number of benzene rings is 2. The van der Waals surface area contributed by atoms with Gasteiger partial charge in [0.2, 0.25) is 5.75 Å². The van der Waals surface area contributed by atoms with E-state index in [0.29, 0.717) is 48.7 Å². The maximum absolute atomic E-state index is 13.4. The van der Waals surface area contributed by atoms with Gasteiger partial charge < -0.3 is 24.4 Å². The molecule has 2 aromatic carbocycles. The van der Waals surface area contributed by atoms with Gasteiger partial charge in [0.05, 0.1) is 31.9 Å². The lowest BCUT2D eigenvalue weighted by molar-refractivity contribution is 0.0708. The summed E-state index contributed by atoms with van der Waals surface area (Å²) in [5.41, 5.74) is 0.734. The predicted molar refractivity (Wildman–Crippen MR) is 130 cm³/mol. The number of amides is 2. The number of methoxy groups -OCH3 is 3. The Morgan fingerprint density at radius 1 is 1.00 bits per heavy atom. The first kappa shape index (κ1) is 25.4. The van der Waals surface area contributed by atoms with E-state index in [1.54, 1.807) is 22.4 Å². The van der Waals surface area contributed by atoms with Crippen LogP contribution in [0.4, 0.5) is 14.5 Å².